The second-order valence-electron chi connectivity index (χ2n) is 5.44. The molecule has 2 aromatic carbocycles. The van der Waals surface area contributed by atoms with Crippen LogP contribution in [-0.4, -0.2) is 41.0 Å². The highest BCUT2D eigenvalue weighted by atomic mass is 32.2. The van der Waals surface area contributed by atoms with Crippen molar-refractivity contribution < 1.29 is 22.7 Å². The zero-order valence-electron chi connectivity index (χ0n) is 14.5. The lowest BCUT2D eigenvalue weighted by atomic mass is 10.1. The van der Waals surface area contributed by atoms with Crippen LogP contribution in [0.3, 0.4) is 0 Å². The summed E-state index contributed by atoms with van der Waals surface area (Å²) in [5.41, 5.74) is 1.71. The average molecular weight is 376 g/mol. The van der Waals surface area contributed by atoms with Gasteiger partial charge in [-0.2, -0.15) is 0 Å². The van der Waals surface area contributed by atoms with Crippen molar-refractivity contribution in [2.24, 2.45) is 0 Å². The fraction of sp³-hybridized carbons (Fsp3) is 0.222. The van der Waals surface area contributed by atoms with Gasteiger partial charge < -0.3 is 10.1 Å². The van der Waals surface area contributed by atoms with Gasteiger partial charge in [-0.25, -0.2) is 17.9 Å². The molecule has 0 aliphatic heterocycles. The molecule has 0 aliphatic rings. The predicted molar refractivity (Wildman–Crippen MR) is 96.5 cm³/mol. The highest BCUT2D eigenvalue weighted by Gasteiger charge is 2.14. The van der Waals surface area contributed by atoms with Gasteiger partial charge in [0, 0.05) is 19.2 Å². The van der Waals surface area contributed by atoms with E-state index in [1.165, 1.54) is 38.4 Å². The smallest absolute Gasteiger partial charge is 0.337 e. The van der Waals surface area contributed by atoms with Crippen molar-refractivity contribution in [3.8, 4) is 0 Å². The number of nitrogens with one attached hydrogen (secondary N) is 2. The molecule has 0 aromatic heterocycles. The summed E-state index contributed by atoms with van der Waals surface area (Å²) >= 11 is 0. The average Bonchev–Trinajstić information content (AvgIpc) is 2.67. The molecule has 7 nitrogen and oxygen atoms in total. The maximum absolute atomic E-state index is 12.3. The van der Waals surface area contributed by atoms with Crippen molar-refractivity contribution in [1.82, 2.24) is 10.0 Å². The standard InChI is InChI=1S/C18H20N2O5S/c1-19-17(21)14-7-9-16(10-8-14)26(23,24)20-12-11-13-3-5-15(6-4-13)18(22)25-2/h3-10,20H,11-12H2,1-2H3,(H,19,21). The molecule has 0 bridgehead atoms. The Morgan fingerprint density at radius 2 is 1.54 bits per heavy atom. The number of esters is 1. The summed E-state index contributed by atoms with van der Waals surface area (Å²) in [6.45, 7) is 0.205. The molecule has 8 heteroatoms. The number of ether oxygens (including phenoxy) is 1. The minimum absolute atomic E-state index is 0.0891. The monoisotopic (exact) mass is 376 g/mol. The summed E-state index contributed by atoms with van der Waals surface area (Å²) in [4.78, 5) is 22.9. The van der Waals surface area contributed by atoms with Crippen LogP contribution < -0.4 is 10.0 Å². The highest BCUT2D eigenvalue weighted by molar-refractivity contribution is 7.89. The minimum Gasteiger partial charge on any atom is -0.465 e. The molecule has 138 valence electrons. The van der Waals surface area contributed by atoms with Crippen LogP contribution in [0.25, 0.3) is 0 Å². The first kappa shape index (κ1) is 19.6. The van der Waals surface area contributed by atoms with E-state index in [4.69, 9.17) is 0 Å². The molecule has 0 unspecified atom stereocenters. The third-order valence-electron chi connectivity index (χ3n) is 3.73. The van der Waals surface area contributed by atoms with E-state index >= 15 is 0 Å². The molecule has 2 rings (SSSR count). The van der Waals surface area contributed by atoms with Gasteiger partial charge >= 0.3 is 5.97 Å². The molecule has 0 atom stereocenters. The van der Waals surface area contributed by atoms with E-state index in [1.807, 2.05) is 0 Å². The summed E-state index contributed by atoms with van der Waals surface area (Å²) in [7, 11) is -0.843. The van der Waals surface area contributed by atoms with Crippen molar-refractivity contribution in [3.63, 3.8) is 0 Å². The van der Waals surface area contributed by atoms with Crippen LogP contribution in [0.15, 0.2) is 53.4 Å². The van der Waals surface area contributed by atoms with Crippen LogP contribution in [0, 0.1) is 0 Å². The lowest BCUT2D eigenvalue weighted by Crippen LogP contribution is -2.26. The largest absolute Gasteiger partial charge is 0.465 e. The first-order chi connectivity index (χ1) is 12.4. The normalized spacial score (nSPS) is 11.0. The summed E-state index contributed by atoms with van der Waals surface area (Å²) in [5, 5.41) is 2.47. The molecule has 1 amide bonds. The topological polar surface area (TPSA) is 102 Å². The first-order valence-corrected chi connectivity index (χ1v) is 9.35. The second-order valence-corrected chi connectivity index (χ2v) is 7.21. The van der Waals surface area contributed by atoms with Crippen molar-refractivity contribution in [3.05, 3.63) is 65.2 Å². The van der Waals surface area contributed by atoms with Crippen molar-refractivity contribution in [1.29, 1.82) is 0 Å². The summed E-state index contributed by atoms with van der Waals surface area (Å²) in [6, 6.07) is 12.5. The third kappa shape index (κ3) is 4.90. The molecule has 0 heterocycles. The van der Waals surface area contributed by atoms with E-state index < -0.39 is 16.0 Å². The first-order valence-electron chi connectivity index (χ1n) is 7.86. The van der Waals surface area contributed by atoms with Gasteiger partial charge in [-0.1, -0.05) is 12.1 Å². The number of hydrogen-bond acceptors (Lipinski definition) is 5. The number of hydrogen-bond donors (Lipinski definition) is 2. The number of carbonyl (C=O) groups excluding carboxylic acids is 2. The Hall–Kier alpha value is -2.71. The lowest BCUT2D eigenvalue weighted by molar-refractivity contribution is 0.0600. The van der Waals surface area contributed by atoms with Gasteiger partial charge in [0.25, 0.3) is 5.91 Å². The SMILES string of the molecule is CNC(=O)c1ccc(S(=O)(=O)NCCc2ccc(C(=O)OC)cc2)cc1. The van der Waals surface area contributed by atoms with E-state index in [2.05, 4.69) is 14.8 Å². The molecule has 0 radical (unpaired) electrons. The molecule has 0 fully saturated rings. The Kier molecular flexibility index (Phi) is 6.48. The lowest BCUT2D eigenvalue weighted by Gasteiger charge is -2.08. The second kappa shape index (κ2) is 8.59. The van der Waals surface area contributed by atoms with Crippen molar-refractivity contribution in [2.45, 2.75) is 11.3 Å². The predicted octanol–water partition coefficient (Wildman–Crippen LogP) is 1.35. The van der Waals surface area contributed by atoms with Crippen molar-refractivity contribution >= 4 is 21.9 Å². The zero-order chi connectivity index (χ0) is 19.2. The summed E-state index contributed by atoms with van der Waals surface area (Å²) < 4.78 is 31.7. The Labute approximate surface area is 152 Å². The van der Waals surface area contributed by atoms with E-state index in [-0.39, 0.29) is 17.3 Å². The van der Waals surface area contributed by atoms with Crippen LogP contribution >= 0.6 is 0 Å². The van der Waals surface area contributed by atoms with E-state index in [0.717, 1.165) is 5.56 Å². The van der Waals surface area contributed by atoms with Crippen LogP contribution in [-0.2, 0) is 21.2 Å². The van der Waals surface area contributed by atoms with Crippen molar-refractivity contribution in [2.75, 3.05) is 20.7 Å². The Morgan fingerprint density at radius 3 is 2.08 bits per heavy atom. The number of benzene rings is 2. The Morgan fingerprint density at radius 1 is 0.962 bits per heavy atom. The van der Waals surface area contributed by atoms with Gasteiger partial charge in [-0.05, 0) is 48.4 Å². The van der Waals surface area contributed by atoms with E-state index in [9.17, 15) is 18.0 Å². The highest BCUT2D eigenvalue weighted by Crippen LogP contribution is 2.11. The molecule has 2 aromatic rings. The minimum atomic E-state index is -3.66. The van der Waals surface area contributed by atoms with Crippen LogP contribution in [0.1, 0.15) is 26.3 Å². The maximum atomic E-state index is 12.3. The molecule has 2 N–H and O–H groups in total. The van der Waals surface area contributed by atoms with Gasteiger partial charge in [0.05, 0.1) is 17.6 Å². The Balaban J connectivity index is 1.95. The summed E-state index contributed by atoms with van der Waals surface area (Å²) in [5.74, 6) is -0.699. The molecular weight excluding hydrogens is 356 g/mol. The Bertz CT molecular complexity index is 875. The van der Waals surface area contributed by atoms with Gasteiger partial charge in [-0.3, -0.25) is 4.79 Å². The number of methoxy groups -OCH3 is 1. The molecule has 0 saturated carbocycles. The molecule has 0 aliphatic carbocycles. The quantitative estimate of drug-likeness (QED) is 0.711. The molecule has 0 spiro atoms. The molecule has 26 heavy (non-hydrogen) atoms. The van der Waals surface area contributed by atoms with Gasteiger partial charge in [0.2, 0.25) is 10.0 Å². The number of amides is 1. The molecule has 0 saturated heterocycles. The molecular formula is C18H20N2O5S. The van der Waals surface area contributed by atoms with E-state index in [1.54, 1.807) is 24.3 Å². The number of rotatable bonds is 7. The number of carbonyl (C=O) groups is 2. The van der Waals surface area contributed by atoms with Gasteiger partial charge in [0.15, 0.2) is 0 Å². The number of sulfonamides is 1. The fourth-order valence-electron chi connectivity index (χ4n) is 2.27. The van der Waals surface area contributed by atoms with Crippen LogP contribution in [0.4, 0.5) is 0 Å². The van der Waals surface area contributed by atoms with Gasteiger partial charge in [0.1, 0.15) is 0 Å². The van der Waals surface area contributed by atoms with Gasteiger partial charge in [-0.15, -0.1) is 0 Å². The maximum Gasteiger partial charge on any atom is 0.337 e. The fourth-order valence-corrected chi connectivity index (χ4v) is 3.30. The van der Waals surface area contributed by atoms with E-state index in [0.29, 0.717) is 17.5 Å². The van der Waals surface area contributed by atoms with Crippen LogP contribution in [0.5, 0.6) is 0 Å². The van der Waals surface area contributed by atoms with Crippen LogP contribution in [0.2, 0.25) is 0 Å². The zero-order valence-corrected chi connectivity index (χ0v) is 15.3. The summed E-state index contributed by atoms with van der Waals surface area (Å²) in [6.07, 6.45) is 0.469. The third-order valence-corrected chi connectivity index (χ3v) is 5.21.